The molecule has 1 aliphatic rings. The van der Waals surface area contributed by atoms with Crippen LogP contribution < -0.4 is 5.32 Å². The number of carboxylic acid groups (broad SMARTS) is 1. The van der Waals surface area contributed by atoms with Gasteiger partial charge in [-0.25, -0.2) is 4.79 Å². The number of rotatable bonds is 6. The molecule has 120 valence electrons. The monoisotopic (exact) mass is 303 g/mol. The van der Waals surface area contributed by atoms with Gasteiger partial charge in [-0.2, -0.15) is 0 Å². The van der Waals surface area contributed by atoms with Crippen LogP contribution in [0.5, 0.6) is 0 Å². The van der Waals surface area contributed by atoms with Crippen molar-refractivity contribution in [1.82, 2.24) is 5.32 Å². The van der Waals surface area contributed by atoms with Gasteiger partial charge in [-0.15, -0.1) is 0 Å². The number of carboxylic acids is 1. The number of benzene rings is 1. The Hall–Kier alpha value is -1.84. The lowest BCUT2D eigenvalue weighted by Crippen LogP contribution is -2.31. The first-order valence-electron chi connectivity index (χ1n) is 8.13. The topological polar surface area (TPSA) is 66.4 Å². The molecule has 1 amide bonds. The van der Waals surface area contributed by atoms with Gasteiger partial charge in [-0.1, -0.05) is 31.9 Å². The quantitative estimate of drug-likeness (QED) is 0.847. The molecule has 0 aliphatic heterocycles. The maximum atomic E-state index is 11.9. The Morgan fingerprint density at radius 3 is 2.59 bits per heavy atom. The lowest BCUT2D eigenvalue weighted by Gasteiger charge is -2.26. The van der Waals surface area contributed by atoms with E-state index < -0.39 is 5.97 Å². The van der Waals surface area contributed by atoms with Gasteiger partial charge >= 0.3 is 5.97 Å². The first kappa shape index (κ1) is 16.5. The van der Waals surface area contributed by atoms with Gasteiger partial charge in [-0.05, 0) is 48.8 Å². The minimum atomic E-state index is -0.925. The van der Waals surface area contributed by atoms with Crippen LogP contribution in [0, 0.1) is 11.8 Å². The highest BCUT2D eigenvalue weighted by molar-refractivity contribution is 5.87. The summed E-state index contributed by atoms with van der Waals surface area (Å²) in [5.74, 6) is 0.567. The van der Waals surface area contributed by atoms with Gasteiger partial charge in [-0.3, -0.25) is 4.79 Å². The maximum Gasteiger partial charge on any atom is 0.335 e. The van der Waals surface area contributed by atoms with Crippen molar-refractivity contribution in [2.45, 2.75) is 45.4 Å². The second-order valence-electron chi connectivity index (χ2n) is 6.44. The first-order valence-corrected chi connectivity index (χ1v) is 8.13. The van der Waals surface area contributed by atoms with Gasteiger partial charge in [0.1, 0.15) is 0 Å². The van der Waals surface area contributed by atoms with Crippen LogP contribution in [0.4, 0.5) is 0 Å². The fourth-order valence-corrected chi connectivity index (χ4v) is 3.16. The van der Waals surface area contributed by atoms with E-state index >= 15 is 0 Å². The van der Waals surface area contributed by atoms with E-state index in [1.54, 1.807) is 24.3 Å². The summed E-state index contributed by atoms with van der Waals surface area (Å²) in [6.07, 6.45) is 6.13. The normalized spacial score (nSPS) is 21.3. The highest BCUT2D eigenvalue weighted by Crippen LogP contribution is 2.27. The Bertz CT molecular complexity index is 510. The second-order valence-corrected chi connectivity index (χ2v) is 6.44. The number of hydrogen-bond acceptors (Lipinski definition) is 2. The number of aryl methyl sites for hydroxylation is 1. The number of aromatic carboxylic acids is 1. The summed E-state index contributed by atoms with van der Waals surface area (Å²) in [6.45, 7) is 3.08. The Kier molecular flexibility index (Phi) is 5.99. The zero-order valence-corrected chi connectivity index (χ0v) is 13.2. The number of nitrogens with one attached hydrogen (secondary N) is 1. The maximum absolute atomic E-state index is 11.9. The van der Waals surface area contributed by atoms with Crippen LogP contribution in [0.25, 0.3) is 0 Å². The predicted octanol–water partition coefficient (Wildman–Crippen LogP) is 3.26. The van der Waals surface area contributed by atoms with Crippen molar-refractivity contribution in [3.05, 3.63) is 35.4 Å². The third-order valence-electron chi connectivity index (χ3n) is 4.47. The summed E-state index contributed by atoms with van der Waals surface area (Å²) >= 11 is 0. The van der Waals surface area contributed by atoms with Crippen LogP contribution in [0.2, 0.25) is 0 Å². The molecular formula is C18H25NO3. The highest BCUT2D eigenvalue weighted by Gasteiger charge is 2.19. The van der Waals surface area contributed by atoms with Crippen molar-refractivity contribution in [1.29, 1.82) is 0 Å². The molecule has 0 heterocycles. The summed E-state index contributed by atoms with van der Waals surface area (Å²) < 4.78 is 0. The fraction of sp³-hybridized carbons (Fsp3) is 0.556. The molecule has 22 heavy (non-hydrogen) atoms. The van der Waals surface area contributed by atoms with E-state index in [1.807, 2.05) is 0 Å². The zero-order chi connectivity index (χ0) is 15.9. The molecule has 1 aromatic rings. The summed E-state index contributed by atoms with van der Waals surface area (Å²) in [6, 6.07) is 6.72. The SMILES string of the molecule is CC1CCCC(CNC(=O)CCc2ccc(C(=O)O)cc2)C1. The molecule has 2 N–H and O–H groups in total. The Balaban J connectivity index is 1.70. The van der Waals surface area contributed by atoms with E-state index in [4.69, 9.17) is 5.11 Å². The average molecular weight is 303 g/mol. The van der Waals surface area contributed by atoms with Crippen molar-refractivity contribution in [3.63, 3.8) is 0 Å². The van der Waals surface area contributed by atoms with Crippen molar-refractivity contribution in [2.75, 3.05) is 6.54 Å². The van der Waals surface area contributed by atoms with Crippen molar-refractivity contribution in [2.24, 2.45) is 11.8 Å². The van der Waals surface area contributed by atoms with Gasteiger partial charge in [0.05, 0.1) is 5.56 Å². The molecule has 2 unspecified atom stereocenters. The lowest BCUT2D eigenvalue weighted by molar-refractivity contribution is -0.121. The molecule has 0 spiro atoms. The van der Waals surface area contributed by atoms with E-state index in [-0.39, 0.29) is 11.5 Å². The van der Waals surface area contributed by atoms with Gasteiger partial charge in [0.25, 0.3) is 0 Å². The number of carbonyl (C=O) groups excluding carboxylic acids is 1. The van der Waals surface area contributed by atoms with Crippen molar-refractivity contribution >= 4 is 11.9 Å². The van der Waals surface area contributed by atoms with Crippen LogP contribution in [0.1, 0.15) is 54.9 Å². The molecule has 0 aromatic heterocycles. The van der Waals surface area contributed by atoms with Gasteiger partial charge < -0.3 is 10.4 Å². The Morgan fingerprint density at radius 2 is 1.95 bits per heavy atom. The standard InChI is InChI=1S/C18H25NO3/c1-13-3-2-4-15(11-13)12-19-17(20)10-7-14-5-8-16(9-6-14)18(21)22/h5-6,8-9,13,15H,2-4,7,10-12H2,1H3,(H,19,20)(H,21,22). The predicted molar refractivity (Wildman–Crippen MR) is 85.9 cm³/mol. The third kappa shape index (κ3) is 5.17. The molecule has 0 radical (unpaired) electrons. The van der Waals surface area contributed by atoms with Gasteiger partial charge in [0, 0.05) is 13.0 Å². The molecule has 1 saturated carbocycles. The molecule has 0 bridgehead atoms. The molecule has 0 saturated heterocycles. The zero-order valence-electron chi connectivity index (χ0n) is 13.2. The number of amides is 1. The number of hydrogen-bond donors (Lipinski definition) is 2. The second kappa shape index (κ2) is 7.97. The molecule has 2 rings (SSSR count). The van der Waals surface area contributed by atoms with Gasteiger partial charge in [0.2, 0.25) is 5.91 Å². The van der Waals surface area contributed by atoms with Crippen LogP contribution in [-0.2, 0) is 11.2 Å². The average Bonchev–Trinajstić information content (AvgIpc) is 2.51. The molecule has 4 heteroatoms. The third-order valence-corrected chi connectivity index (χ3v) is 4.47. The fourth-order valence-electron chi connectivity index (χ4n) is 3.16. The van der Waals surface area contributed by atoms with E-state index in [9.17, 15) is 9.59 Å². The summed E-state index contributed by atoms with van der Waals surface area (Å²) in [4.78, 5) is 22.7. The van der Waals surface area contributed by atoms with E-state index in [0.717, 1.165) is 18.0 Å². The van der Waals surface area contributed by atoms with Crippen LogP contribution in [-0.4, -0.2) is 23.5 Å². The van der Waals surface area contributed by atoms with Crippen molar-refractivity contribution in [3.8, 4) is 0 Å². The smallest absolute Gasteiger partial charge is 0.335 e. The molecule has 1 aromatic carbocycles. The van der Waals surface area contributed by atoms with Gasteiger partial charge in [0.15, 0.2) is 0 Å². The summed E-state index contributed by atoms with van der Waals surface area (Å²) in [7, 11) is 0. The van der Waals surface area contributed by atoms with Crippen LogP contribution in [0.15, 0.2) is 24.3 Å². The molecular weight excluding hydrogens is 278 g/mol. The van der Waals surface area contributed by atoms with E-state index in [0.29, 0.717) is 18.8 Å². The molecule has 2 atom stereocenters. The minimum Gasteiger partial charge on any atom is -0.478 e. The Morgan fingerprint density at radius 1 is 1.23 bits per heavy atom. The van der Waals surface area contributed by atoms with E-state index in [1.165, 1.54) is 25.7 Å². The highest BCUT2D eigenvalue weighted by atomic mass is 16.4. The van der Waals surface area contributed by atoms with Crippen LogP contribution in [0.3, 0.4) is 0 Å². The first-order chi connectivity index (χ1) is 10.5. The van der Waals surface area contributed by atoms with Crippen molar-refractivity contribution < 1.29 is 14.7 Å². The summed E-state index contributed by atoms with van der Waals surface area (Å²) in [5.41, 5.74) is 1.27. The van der Waals surface area contributed by atoms with E-state index in [2.05, 4.69) is 12.2 Å². The molecule has 1 aliphatic carbocycles. The largest absolute Gasteiger partial charge is 0.478 e. The van der Waals surface area contributed by atoms with Crippen LogP contribution >= 0.6 is 0 Å². The molecule has 1 fully saturated rings. The minimum absolute atomic E-state index is 0.0838. The molecule has 4 nitrogen and oxygen atoms in total. The number of carbonyl (C=O) groups is 2. The lowest BCUT2D eigenvalue weighted by atomic mass is 9.82. The summed E-state index contributed by atoms with van der Waals surface area (Å²) in [5, 5.41) is 11.9. The Labute approximate surface area is 131 Å².